The van der Waals surface area contributed by atoms with Gasteiger partial charge in [-0.2, -0.15) is 0 Å². The van der Waals surface area contributed by atoms with Crippen LogP contribution in [0.1, 0.15) is 79.2 Å². The smallest absolute Gasteiger partial charge is 0.231 e. The molecule has 2 N–H and O–H groups in total. The zero-order valence-electron chi connectivity index (χ0n) is 24.0. The van der Waals surface area contributed by atoms with Crippen molar-refractivity contribution in [3.63, 3.8) is 0 Å². The van der Waals surface area contributed by atoms with Crippen molar-refractivity contribution >= 4 is 5.69 Å². The molecule has 2 unspecified atom stereocenters. The molecule has 5 nitrogen and oxygen atoms in total. The summed E-state index contributed by atoms with van der Waals surface area (Å²) in [6.07, 6.45) is 11.9. The number of nitrogens with one attached hydrogen (secondary N) is 1. The van der Waals surface area contributed by atoms with E-state index < -0.39 is 0 Å². The second-order valence-electron chi connectivity index (χ2n) is 12.1. The lowest BCUT2D eigenvalue weighted by atomic mass is 9.79. The Balaban J connectivity index is 1.08. The van der Waals surface area contributed by atoms with Crippen molar-refractivity contribution in [1.29, 1.82) is 0 Å². The number of benzene rings is 3. The fourth-order valence-corrected chi connectivity index (χ4v) is 6.81. The first-order valence-electron chi connectivity index (χ1n) is 15.4. The van der Waals surface area contributed by atoms with Crippen LogP contribution in [0.3, 0.4) is 0 Å². The molecule has 3 aromatic carbocycles. The molecule has 2 heterocycles. The monoisotopic (exact) mass is 540 g/mol. The van der Waals surface area contributed by atoms with Gasteiger partial charge in [0, 0.05) is 17.8 Å². The summed E-state index contributed by atoms with van der Waals surface area (Å²) in [5, 5.41) is 13.7. The number of aromatic hydroxyl groups is 1. The molecular weight excluding hydrogens is 496 g/mol. The third-order valence-electron chi connectivity index (χ3n) is 9.01. The van der Waals surface area contributed by atoms with Crippen LogP contribution in [-0.2, 0) is 25.7 Å². The van der Waals surface area contributed by atoms with Crippen molar-refractivity contribution in [3.8, 4) is 17.2 Å². The van der Waals surface area contributed by atoms with E-state index in [9.17, 15) is 5.11 Å². The van der Waals surface area contributed by atoms with Crippen LogP contribution in [0.25, 0.3) is 0 Å². The van der Waals surface area contributed by atoms with Gasteiger partial charge < -0.3 is 24.8 Å². The summed E-state index contributed by atoms with van der Waals surface area (Å²) in [5.41, 5.74) is 7.86. The van der Waals surface area contributed by atoms with E-state index in [0.717, 1.165) is 49.3 Å². The van der Waals surface area contributed by atoms with Crippen LogP contribution in [0.2, 0.25) is 0 Å². The van der Waals surface area contributed by atoms with Crippen molar-refractivity contribution in [2.24, 2.45) is 0 Å². The highest BCUT2D eigenvalue weighted by Crippen LogP contribution is 2.44. The molecule has 1 saturated heterocycles. The van der Waals surface area contributed by atoms with E-state index >= 15 is 0 Å². The second kappa shape index (κ2) is 12.6. The first kappa shape index (κ1) is 27.0. The Hall–Kier alpha value is -3.18. The molecular formula is C35H44N2O3. The predicted octanol–water partition coefficient (Wildman–Crippen LogP) is 7.25. The summed E-state index contributed by atoms with van der Waals surface area (Å²) in [4.78, 5) is 2.66. The summed E-state index contributed by atoms with van der Waals surface area (Å²) in [6, 6.07) is 19.7. The Kier molecular flexibility index (Phi) is 8.48. The van der Waals surface area contributed by atoms with E-state index in [-0.39, 0.29) is 12.8 Å². The SMILES string of the molecule is CC(Cc1ccc(CCCN2CCCCCC2)cc1)Nc1cc2c(cc1C1CCc3cc(O)ccc3C1)OCO2. The van der Waals surface area contributed by atoms with Gasteiger partial charge >= 0.3 is 0 Å². The number of fused-ring (bicyclic) bond motifs is 2. The molecule has 0 radical (unpaired) electrons. The number of rotatable bonds is 9. The van der Waals surface area contributed by atoms with Crippen LogP contribution in [0.4, 0.5) is 5.69 Å². The van der Waals surface area contributed by atoms with E-state index in [1.54, 1.807) is 0 Å². The summed E-state index contributed by atoms with van der Waals surface area (Å²) in [5.74, 6) is 2.42. The number of phenolic OH excluding ortho intramolecular Hbond substituents is 1. The van der Waals surface area contributed by atoms with Gasteiger partial charge in [-0.3, -0.25) is 0 Å². The van der Waals surface area contributed by atoms with Crippen LogP contribution in [0, 0.1) is 0 Å². The maximum absolute atomic E-state index is 9.91. The van der Waals surface area contributed by atoms with Crippen molar-refractivity contribution in [3.05, 3.63) is 82.4 Å². The lowest BCUT2D eigenvalue weighted by Crippen LogP contribution is -2.26. The first-order valence-corrected chi connectivity index (χ1v) is 15.4. The van der Waals surface area contributed by atoms with Gasteiger partial charge in [0.2, 0.25) is 6.79 Å². The fourth-order valence-electron chi connectivity index (χ4n) is 6.81. The maximum Gasteiger partial charge on any atom is 0.231 e. The Labute approximate surface area is 239 Å². The molecule has 6 rings (SSSR count). The first-order chi connectivity index (χ1) is 19.6. The third-order valence-corrected chi connectivity index (χ3v) is 9.01. The van der Waals surface area contributed by atoms with Gasteiger partial charge in [0.1, 0.15) is 5.75 Å². The molecule has 0 spiro atoms. The summed E-state index contributed by atoms with van der Waals surface area (Å²) in [7, 11) is 0. The Bertz CT molecular complexity index is 1280. The van der Waals surface area contributed by atoms with Crippen LogP contribution < -0.4 is 14.8 Å². The second-order valence-corrected chi connectivity index (χ2v) is 12.1. The number of aryl methyl sites for hydroxylation is 2. The number of anilines is 1. The molecule has 1 fully saturated rings. The third kappa shape index (κ3) is 6.58. The number of ether oxygens (including phenoxy) is 2. The summed E-state index contributed by atoms with van der Waals surface area (Å²) in [6.45, 7) is 6.35. The average molecular weight is 541 g/mol. The van der Waals surface area contributed by atoms with Gasteiger partial charge in [-0.25, -0.2) is 0 Å². The Morgan fingerprint density at radius 2 is 1.65 bits per heavy atom. The quantitative estimate of drug-likeness (QED) is 0.300. The highest BCUT2D eigenvalue weighted by atomic mass is 16.7. The molecule has 2 atom stereocenters. The lowest BCUT2D eigenvalue weighted by molar-refractivity contribution is 0.174. The molecule has 212 valence electrons. The molecule has 0 bridgehead atoms. The highest BCUT2D eigenvalue weighted by Gasteiger charge is 2.26. The Morgan fingerprint density at radius 1 is 0.900 bits per heavy atom. The average Bonchev–Trinajstić information content (AvgIpc) is 3.26. The molecule has 3 aromatic rings. The van der Waals surface area contributed by atoms with E-state index in [2.05, 4.69) is 59.6 Å². The number of hydrogen-bond acceptors (Lipinski definition) is 5. The molecule has 3 aliphatic rings. The highest BCUT2D eigenvalue weighted by molar-refractivity contribution is 5.63. The molecule has 2 aliphatic heterocycles. The minimum atomic E-state index is 0.279. The summed E-state index contributed by atoms with van der Waals surface area (Å²) < 4.78 is 11.5. The zero-order chi connectivity index (χ0) is 27.3. The number of phenols is 1. The van der Waals surface area contributed by atoms with Gasteiger partial charge in [0.25, 0.3) is 0 Å². The largest absolute Gasteiger partial charge is 0.508 e. The van der Waals surface area contributed by atoms with Crippen molar-refractivity contribution in [2.45, 2.75) is 83.1 Å². The van der Waals surface area contributed by atoms with Crippen molar-refractivity contribution in [1.82, 2.24) is 4.90 Å². The van der Waals surface area contributed by atoms with E-state index in [1.807, 2.05) is 12.1 Å². The lowest BCUT2D eigenvalue weighted by Gasteiger charge is -2.28. The molecule has 0 saturated carbocycles. The van der Waals surface area contributed by atoms with E-state index in [1.165, 1.54) is 79.6 Å². The predicted molar refractivity (Wildman–Crippen MR) is 162 cm³/mol. The van der Waals surface area contributed by atoms with Crippen LogP contribution in [0.15, 0.2) is 54.6 Å². The fraction of sp³-hybridized carbons (Fsp3) is 0.486. The standard InChI is InChI=1S/C35H44N2O3/c1-25(19-27-10-8-26(9-11-27)7-6-18-37-16-4-2-3-5-17-37)36-33-23-35-34(39-24-40-35)22-32(33)30-13-12-29-21-31(38)15-14-28(29)20-30/h8-11,14-15,21-23,25,30,36,38H,2-7,12-13,16-20,24H2,1H3. The minimum Gasteiger partial charge on any atom is -0.508 e. The molecule has 1 aliphatic carbocycles. The van der Waals surface area contributed by atoms with Crippen molar-refractivity contribution in [2.75, 3.05) is 31.7 Å². The van der Waals surface area contributed by atoms with Gasteiger partial charge in [-0.05, 0) is 130 Å². The van der Waals surface area contributed by atoms with Crippen LogP contribution in [0.5, 0.6) is 17.2 Å². The van der Waals surface area contributed by atoms with E-state index in [4.69, 9.17) is 9.47 Å². The van der Waals surface area contributed by atoms with Crippen LogP contribution >= 0.6 is 0 Å². The molecule has 0 amide bonds. The number of likely N-dealkylation sites (tertiary alicyclic amines) is 1. The number of nitrogens with zero attached hydrogens (tertiary/aromatic N) is 1. The van der Waals surface area contributed by atoms with Gasteiger partial charge in [0.15, 0.2) is 11.5 Å². The Morgan fingerprint density at radius 3 is 2.45 bits per heavy atom. The zero-order valence-corrected chi connectivity index (χ0v) is 24.0. The summed E-state index contributed by atoms with van der Waals surface area (Å²) >= 11 is 0. The molecule has 40 heavy (non-hydrogen) atoms. The van der Waals surface area contributed by atoms with Gasteiger partial charge in [-0.15, -0.1) is 0 Å². The molecule has 0 aromatic heterocycles. The topological polar surface area (TPSA) is 54.0 Å². The molecule has 5 heteroatoms. The maximum atomic E-state index is 9.91. The number of hydrogen-bond donors (Lipinski definition) is 2. The normalized spacial score (nSPS) is 19.6. The minimum absolute atomic E-state index is 0.279. The van der Waals surface area contributed by atoms with Crippen LogP contribution in [-0.4, -0.2) is 42.5 Å². The van der Waals surface area contributed by atoms with E-state index in [0.29, 0.717) is 11.7 Å². The van der Waals surface area contributed by atoms with Gasteiger partial charge in [0.05, 0.1) is 0 Å². The van der Waals surface area contributed by atoms with Gasteiger partial charge in [-0.1, -0.05) is 43.2 Å². The van der Waals surface area contributed by atoms with Crippen molar-refractivity contribution < 1.29 is 14.6 Å².